The number of benzene rings is 2. The molecule has 0 unspecified atom stereocenters. The van der Waals surface area contributed by atoms with E-state index in [1.54, 1.807) is 13.2 Å². The summed E-state index contributed by atoms with van der Waals surface area (Å²) < 4.78 is 6.90. The van der Waals surface area contributed by atoms with E-state index in [0.717, 1.165) is 47.4 Å². The molecule has 1 amide bonds. The standard InChI is InChI=1S/C20H23Br2N3O2/c1-3-24-8-10-25(11-9-24)16-6-4-15(5-7-16)23-20(26)17-12-14(21)13-18(22)19(17)27-2/h4-7,12-13H,3,8-11H2,1-2H3,(H,23,26). The molecule has 7 heteroatoms. The first kappa shape index (κ1) is 20.2. The maximum Gasteiger partial charge on any atom is 0.259 e. The van der Waals surface area contributed by atoms with Crippen molar-refractivity contribution >= 4 is 49.1 Å². The lowest BCUT2D eigenvalue weighted by molar-refractivity contribution is 0.102. The van der Waals surface area contributed by atoms with E-state index in [-0.39, 0.29) is 5.91 Å². The van der Waals surface area contributed by atoms with Crippen LogP contribution in [-0.2, 0) is 0 Å². The molecule has 144 valence electrons. The van der Waals surface area contributed by atoms with Crippen LogP contribution in [0.15, 0.2) is 45.3 Å². The molecule has 1 saturated heterocycles. The third-order valence-electron chi connectivity index (χ3n) is 4.77. The van der Waals surface area contributed by atoms with Crippen LogP contribution in [0.2, 0.25) is 0 Å². The predicted octanol–water partition coefficient (Wildman–Crippen LogP) is 4.61. The van der Waals surface area contributed by atoms with Crippen molar-refractivity contribution in [2.24, 2.45) is 0 Å². The number of hydrogen-bond acceptors (Lipinski definition) is 4. The van der Waals surface area contributed by atoms with Gasteiger partial charge in [0.15, 0.2) is 0 Å². The number of amides is 1. The second kappa shape index (κ2) is 9.08. The normalized spacial score (nSPS) is 14.9. The maximum absolute atomic E-state index is 12.7. The van der Waals surface area contributed by atoms with E-state index in [1.807, 2.05) is 18.2 Å². The highest BCUT2D eigenvalue weighted by atomic mass is 79.9. The van der Waals surface area contributed by atoms with Gasteiger partial charge in [0.05, 0.1) is 17.1 Å². The number of nitrogens with zero attached hydrogens (tertiary/aromatic N) is 2. The third-order valence-corrected chi connectivity index (χ3v) is 5.81. The minimum Gasteiger partial charge on any atom is -0.495 e. The van der Waals surface area contributed by atoms with Crippen LogP contribution in [0.4, 0.5) is 11.4 Å². The van der Waals surface area contributed by atoms with Crippen molar-refractivity contribution in [2.45, 2.75) is 6.92 Å². The highest BCUT2D eigenvalue weighted by Gasteiger charge is 2.18. The average molecular weight is 497 g/mol. The first-order valence-electron chi connectivity index (χ1n) is 8.93. The molecule has 3 rings (SSSR count). The van der Waals surface area contributed by atoms with Gasteiger partial charge in [0.2, 0.25) is 0 Å². The molecule has 1 aliphatic rings. The van der Waals surface area contributed by atoms with Gasteiger partial charge < -0.3 is 19.9 Å². The Morgan fingerprint density at radius 1 is 1.11 bits per heavy atom. The van der Waals surface area contributed by atoms with Gasteiger partial charge in [-0.1, -0.05) is 22.9 Å². The number of carbonyl (C=O) groups is 1. The van der Waals surface area contributed by atoms with Gasteiger partial charge in [0.1, 0.15) is 5.75 Å². The van der Waals surface area contributed by atoms with E-state index in [2.05, 4.69) is 66.0 Å². The van der Waals surface area contributed by atoms with Crippen molar-refractivity contribution in [1.29, 1.82) is 0 Å². The Labute approximate surface area is 176 Å². The van der Waals surface area contributed by atoms with Gasteiger partial charge in [-0.3, -0.25) is 4.79 Å². The first-order valence-corrected chi connectivity index (χ1v) is 10.5. The lowest BCUT2D eigenvalue weighted by Crippen LogP contribution is -2.46. The SMILES string of the molecule is CCN1CCN(c2ccc(NC(=O)c3cc(Br)cc(Br)c3OC)cc2)CC1. The van der Waals surface area contributed by atoms with Gasteiger partial charge in [-0.2, -0.15) is 0 Å². The van der Waals surface area contributed by atoms with Gasteiger partial charge in [-0.05, 0) is 58.9 Å². The van der Waals surface area contributed by atoms with Gasteiger partial charge in [-0.25, -0.2) is 0 Å². The second-order valence-corrected chi connectivity index (χ2v) is 8.16. The monoisotopic (exact) mass is 495 g/mol. The number of piperazine rings is 1. The predicted molar refractivity (Wildman–Crippen MR) is 117 cm³/mol. The summed E-state index contributed by atoms with van der Waals surface area (Å²) in [4.78, 5) is 17.5. The zero-order valence-electron chi connectivity index (χ0n) is 15.5. The maximum atomic E-state index is 12.7. The van der Waals surface area contributed by atoms with E-state index in [1.165, 1.54) is 5.69 Å². The smallest absolute Gasteiger partial charge is 0.259 e. The third kappa shape index (κ3) is 4.83. The second-order valence-electron chi connectivity index (χ2n) is 6.39. The Kier molecular flexibility index (Phi) is 6.78. The molecule has 1 heterocycles. The number of hydrogen-bond donors (Lipinski definition) is 1. The zero-order chi connectivity index (χ0) is 19.4. The van der Waals surface area contributed by atoms with Gasteiger partial charge in [-0.15, -0.1) is 0 Å². The Morgan fingerprint density at radius 2 is 1.78 bits per heavy atom. The summed E-state index contributed by atoms with van der Waals surface area (Å²) in [5.41, 5.74) is 2.42. The van der Waals surface area contributed by atoms with Crippen LogP contribution < -0.4 is 15.0 Å². The van der Waals surface area contributed by atoms with Crippen molar-refractivity contribution in [3.05, 3.63) is 50.9 Å². The lowest BCUT2D eigenvalue weighted by Gasteiger charge is -2.35. The molecule has 2 aromatic rings. The lowest BCUT2D eigenvalue weighted by atomic mass is 10.1. The number of anilines is 2. The number of methoxy groups -OCH3 is 1. The molecule has 0 saturated carbocycles. The fourth-order valence-corrected chi connectivity index (χ4v) is 4.60. The summed E-state index contributed by atoms with van der Waals surface area (Å²) >= 11 is 6.85. The summed E-state index contributed by atoms with van der Waals surface area (Å²) in [5, 5.41) is 2.95. The molecule has 0 radical (unpaired) electrons. The fraction of sp³-hybridized carbons (Fsp3) is 0.350. The summed E-state index contributed by atoms with van der Waals surface area (Å²) in [7, 11) is 1.55. The highest BCUT2D eigenvalue weighted by molar-refractivity contribution is 9.11. The van der Waals surface area contributed by atoms with Crippen LogP contribution >= 0.6 is 31.9 Å². The van der Waals surface area contributed by atoms with Gasteiger partial charge in [0, 0.05) is 42.0 Å². The van der Waals surface area contributed by atoms with Crippen LogP contribution in [0.25, 0.3) is 0 Å². The molecule has 1 fully saturated rings. The van der Waals surface area contributed by atoms with Crippen LogP contribution in [0.3, 0.4) is 0 Å². The van der Waals surface area contributed by atoms with E-state index in [0.29, 0.717) is 11.3 Å². The molecule has 0 aliphatic carbocycles. The molecule has 1 N–H and O–H groups in total. The summed E-state index contributed by atoms with van der Waals surface area (Å²) in [6, 6.07) is 11.6. The minimum atomic E-state index is -0.210. The molecule has 0 bridgehead atoms. The van der Waals surface area contributed by atoms with Crippen molar-refractivity contribution < 1.29 is 9.53 Å². The van der Waals surface area contributed by atoms with Crippen LogP contribution in [0.1, 0.15) is 17.3 Å². The largest absolute Gasteiger partial charge is 0.495 e. The summed E-state index contributed by atoms with van der Waals surface area (Å²) in [5.74, 6) is 0.305. The Bertz CT molecular complexity index is 804. The summed E-state index contributed by atoms with van der Waals surface area (Å²) in [6.45, 7) is 7.55. The molecule has 0 atom stereocenters. The van der Waals surface area contributed by atoms with E-state index in [9.17, 15) is 4.79 Å². The highest BCUT2D eigenvalue weighted by Crippen LogP contribution is 2.33. The molecule has 1 aliphatic heterocycles. The van der Waals surface area contributed by atoms with E-state index < -0.39 is 0 Å². The van der Waals surface area contributed by atoms with Crippen molar-refractivity contribution in [1.82, 2.24) is 4.90 Å². The molecule has 2 aromatic carbocycles. The topological polar surface area (TPSA) is 44.8 Å². The van der Waals surface area contributed by atoms with Crippen molar-refractivity contribution in [2.75, 3.05) is 50.1 Å². The van der Waals surface area contributed by atoms with Gasteiger partial charge >= 0.3 is 0 Å². The number of rotatable bonds is 5. The van der Waals surface area contributed by atoms with E-state index in [4.69, 9.17) is 4.74 Å². The van der Waals surface area contributed by atoms with Crippen LogP contribution in [0.5, 0.6) is 5.75 Å². The quantitative estimate of drug-likeness (QED) is 0.656. The van der Waals surface area contributed by atoms with Gasteiger partial charge in [0.25, 0.3) is 5.91 Å². The zero-order valence-corrected chi connectivity index (χ0v) is 18.6. The first-order chi connectivity index (χ1) is 13.0. The number of carbonyl (C=O) groups excluding carboxylic acids is 1. The number of ether oxygens (including phenoxy) is 1. The number of nitrogens with one attached hydrogen (secondary N) is 1. The Hall–Kier alpha value is -1.57. The molecule has 0 spiro atoms. The fourth-order valence-electron chi connectivity index (χ4n) is 3.21. The average Bonchev–Trinajstić information content (AvgIpc) is 2.68. The molecule has 5 nitrogen and oxygen atoms in total. The molecular weight excluding hydrogens is 474 g/mol. The van der Waals surface area contributed by atoms with Crippen molar-refractivity contribution in [3.8, 4) is 5.75 Å². The van der Waals surface area contributed by atoms with Crippen LogP contribution in [-0.4, -0.2) is 50.6 Å². The Morgan fingerprint density at radius 3 is 2.37 bits per heavy atom. The minimum absolute atomic E-state index is 0.210. The number of likely N-dealkylation sites (N-methyl/N-ethyl adjacent to an activating group) is 1. The summed E-state index contributed by atoms with van der Waals surface area (Å²) in [6.07, 6.45) is 0. The number of halogens is 2. The van der Waals surface area contributed by atoms with E-state index >= 15 is 0 Å². The molecule has 27 heavy (non-hydrogen) atoms. The molecule has 0 aromatic heterocycles. The Balaban J connectivity index is 1.69. The van der Waals surface area contributed by atoms with Crippen molar-refractivity contribution in [3.63, 3.8) is 0 Å². The van der Waals surface area contributed by atoms with Crippen LogP contribution in [0, 0.1) is 0 Å². The molecular formula is C20H23Br2N3O2.